The molecule has 0 unspecified atom stereocenters. The molecule has 0 spiro atoms. The van der Waals surface area contributed by atoms with E-state index < -0.39 is 6.09 Å². The molecule has 2 aromatic carbocycles. The van der Waals surface area contributed by atoms with E-state index in [9.17, 15) is 4.79 Å². The molecule has 1 aromatic heterocycles. The number of benzene rings is 2. The molecule has 5 nitrogen and oxygen atoms in total. The summed E-state index contributed by atoms with van der Waals surface area (Å²) in [6.45, 7) is 0.804. The minimum Gasteiger partial charge on any atom is -0.445 e. The number of para-hydroxylation sites is 1. The minimum absolute atomic E-state index is 0.279. The van der Waals surface area contributed by atoms with Gasteiger partial charge < -0.3 is 10.1 Å². The molecule has 0 atom stereocenters. The van der Waals surface area contributed by atoms with Gasteiger partial charge in [-0.1, -0.05) is 60.7 Å². The van der Waals surface area contributed by atoms with Crippen LogP contribution in [0, 0.1) is 0 Å². The number of carbonyl (C=O) groups is 1. The van der Waals surface area contributed by atoms with Crippen molar-refractivity contribution >= 4 is 12.2 Å². The molecule has 0 aliphatic carbocycles. The van der Waals surface area contributed by atoms with E-state index in [4.69, 9.17) is 4.74 Å². The molecule has 1 amide bonds. The van der Waals surface area contributed by atoms with Crippen molar-refractivity contribution in [1.82, 2.24) is 15.1 Å². The number of hydrogen-bond acceptors (Lipinski definition) is 3. The zero-order valence-corrected chi connectivity index (χ0v) is 14.4. The Bertz CT molecular complexity index is 842. The smallest absolute Gasteiger partial charge is 0.407 e. The first-order chi connectivity index (χ1) is 12.8. The summed E-state index contributed by atoms with van der Waals surface area (Å²) in [5, 5.41) is 7.08. The number of amides is 1. The van der Waals surface area contributed by atoms with Crippen molar-refractivity contribution in [3.63, 3.8) is 0 Å². The Morgan fingerprint density at radius 2 is 1.81 bits per heavy atom. The lowest BCUT2D eigenvalue weighted by Gasteiger charge is -2.05. The summed E-state index contributed by atoms with van der Waals surface area (Å²) in [5.41, 5.74) is 3.01. The molecule has 0 radical (unpaired) electrons. The number of carbonyl (C=O) groups excluding carboxylic acids is 1. The summed E-state index contributed by atoms with van der Waals surface area (Å²) in [6.07, 6.45) is 8.09. The summed E-state index contributed by atoms with van der Waals surface area (Å²) in [6, 6.07) is 19.6. The molecular formula is C21H21N3O2. The van der Waals surface area contributed by atoms with Crippen LogP contribution in [0.4, 0.5) is 4.79 Å². The van der Waals surface area contributed by atoms with Crippen molar-refractivity contribution in [2.24, 2.45) is 0 Å². The SMILES string of the molecule is O=C(NCCC=Cc1cnn(-c2ccccc2)c1)OCc1ccccc1. The molecule has 0 saturated carbocycles. The Morgan fingerprint density at radius 3 is 2.58 bits per heavy atom. The van der Waals surface area contributed by atoms with Gasteiger partial charge in [-0.2, -0.15) is 5.10 Å². The second-order valence-corrected chi connectivity index (χ2v) is 5.73. The monoisotopic (exact) mass is 347 g/mol. The topological polar surface area (TPSA) is 56.2 Å². The molecule has 3 rings (SSSR count). The number of ether oxygens (including phenoxy) is 1. The first-order valence-electron chi connectivity index (χ1n) is 8.52. The minimum atomic E-state index is -0.404. The van der Waals surface area contributed by atoms with Crippen LogP contribution in [-0.4, -0.2) is 22.4 Å². The van der Waals surface area contributed by atoms with Gasteiger partial charge in [-0.15, -0.1) is 0 Å². The summed E-state index contributed by atoms with van der Waals surface area (Å²) >= 11 is 0. The van der Waals surface area contributed by atoms with Gasteiger partial charge in [0.1, 0.15) is 6.61 Å². The van der Waals surface area contributed by atoms with Gasteiger partial charge in [-0.25, -0.2) is 9.48 Å². The molecule has 26 heavy (non-hydrogen) atoms. The maximum Gasteiger partial charge on any atom is 0.407 e. The fraction of sp³-hybridized carbons (Fsp3) is 0.143. The number of rotatable bonds is 7. The summed E-state index contributed by atoms with van der Waals surface area (Å²) in [4.78, 5) is 11.6. The van der Waals surface area contributed by atoms with Crippen LogP contribution in [0.1, 0.15) is 17.5 Å². The third kappa shape index (κ3) is 5.34. The van der Waals surface area contributed by atoms with Gasteiger partial charge >= 0.3 is 6.09 Å². The van der Waals surface area contributed by atoms with E-state index in [0.717, 1.165) is 23.2 Å². The number of hydrogen-bond donors (Lipinski definition) is 1. The molecule has 0 fully saturated rings. The van der Waals surface area contributed by atoms with Crippen molar-refractivity contribution < 1.29 is 9.53 Å². The van der Waals surface area contributed by atoms with Gasteiger partial charge in [0.05, 0.1) is 11.9 Å². The third-order valence-corrected chi connectivity index (χ3v) is 3.73. The standard InChI is InChI=1S/C21H21N3O2/c25-21(26-17-18-9-3-1-4-10-18)22-14-8-7-11-19-15-23-24(16-19)20-12-5-2-6-13-20/h1-7,9-13,15-16H,8,14,17H2,(H,22,25). The Labute approximate surface area is 152 Å². The highest BCUT2D eigenvalue weighted by Gasteiger charge is 2.01. The van der Waals surface area contributed by atoms with E-state index in [2.05, 4.69) is 10.4 Å². The number of nitrogens with one attached hydrogen (secondary N) is 1. The largest absolute Gasteiger partial charge is 0.445 e. The van der Waals surface area contributed by atoms with E-state index >= 15 is 0 Å². The summed E-state index contributed by atoms with van der Waals surface area (Å²) in [5.74, 6) is 0. The molecule has 0 aliphatic rings. The lowest BCUT2D eigenvalue weighted by atomic mass is 10.2. The molecule has 132 valence electrons. The van der Waals surface area contributed by atoms with Gasteiger partial charge in [-0.05, 0) is 24.1 Å². The molecule has 5 heteroatoms. The van der Waals surface area contributed by atoms with Gasteiger partial charge in [0.2, 0.25) is 0 Å². The Hall–Kier alpha value is -3.34. The zero-order chi connectivity index (χ0) is 18.0. The predicted octanol–water partition coefficient (Wildman–Crippen LogP) is 4.20. The van der Waals surface area contributed by atoms with Crippen LogP contribution in [0.15, 0.2) is 79.1 Å². The predicted molar refractivity (Wildman–Crippen MR) is 102 cm³/mol. The van der Waals surface area contributed by atoms with E-state index in [-0.39, 0.29) is 6.61 Å². The van der Waals surface area contributed by atoms with Gasteiger partial charge in [-0.3, -0.25) is 0 Å². The fourth-order valence-electron chi connectivity index (χ4n) is 2.40. The maximum atomic E-state index is 11.6. The van der Waals surface area contributed by atoms with Crippen LogP contribution in [0.5, 0.6) is 0 Å². The van der Waals surface area contributed by atoms with Crippen LogP contribution in [0.25, 0.3) is 11.8 Å². The summed E-state index contributed by atoms with van der Waals surface area (Å²) in [7, 11) is 0. The van der Waals surface area contributed by atoms with Gasteiger partial charge in [0.15, 0.2) is 0 Å². The van der Waals surface area contributed by atoms with E-state index in [1.165, 1.54) is 0 Å². The van der Waals surface area contributed by atoms with E-state index in [1.807, 2.05) is 89.9 Å². The second-order valence-electron chi connectivity index (χ2n) is 5.73. The summed E-state index contributed by atoms with van der Waals surface area (Å²) < 4.78 is 6.99. The van der Waals surface area contributed by atoms with Gasteiger partial charge in [0.25, 0.3) is 0 Å². The van der Waals surface area contributed by atoms with Crippen molar-refractivity contribution in [3.8, 4) is 5.69 Å². The average molecular weight is 347 g/mol. The number of aromatic nitrogens is 2. The quantitative estimate of drug-likeness (QED) is 0.652. The lowest BCUT2D eigenvalue weighted by molar-refractivity contribution is 0.140. The third-order valence-electron chi connectivity index (χ3n) is 3.73. The van der Waals surface area contributed by atoms with Crippen LogP contribution in [0.3, 0.4) is 0 Å². The van der Waals surface area contributed by atoms with Crippen molar-refractivity contribution in [1.29, 1.82) is 0 Å². The first-order valence-corrected chi connectivity index (χ1v) is 8.52. The normalized spacial score (nSPS) is 10.8. The van der Waals surface area contributed by atoms with Crippen molar-refractivity contribution in [2.45, 2.75) is 13.0 Å². The Balaban J connectivity index is 1.37. The van der Waals surface area contributed by atoms with E-state index in [0.29, 0.717) is 6.54 Å². The fourth-order valence-corrected chi connectivity index (χ4v) is 2.40. The molecular weight excluding hydrogens is 326 g/mol. The highest BCUT2D eigenvalue weighted by Crippen LogP contribution is 2.09. The highest BCUT2D eigenvalue weighted by atomic mass is 16.5. The first kappa shape index (κ1) is 17.5. The second kappa shape index (κ2) is 9.22. The molecule has 0 aliphatic heterocycles. The van der Waals surface area contributed by atoms with Crippen LogP contribution >= 0.6 is 0 Å². The van der Waals surface area contributed by atoms with Gasteiger partial charge in [0, 0.05) is 18.3 Å². The molecule has 3 aromatic rings. The maximum absolute atomic E-state index is 11.6. The Kier molecular flexibility index (Phi) is 6.20. The van der Waals surface area contributed by atoms with Crippen LogP contribution in [0.2, 0.25) is 0 Å². The molecule has 0 saturated heterocycles. The van der Waals surface area contributed by atoms with Crippen LogP contribution in [-0.2, 0) is 11.3 Å². The number of alkyl carbamates (subject to hydrolysis) is 1. The lowest BCUT2D eigenvalue weighted by Crippen LogP contribution is -2.24. The molecule has 1 N–H and O–H groups in total. The van der Waals surface area contributed by atoms with Crippen molar-refractivity contribution in [3.05, 3.63) is 90.3 Å². The average Bonchev–Trinajstić information content (AvgIpc) is 3.16. The highest BCUT2D eigenvalue weighted by molar-refractivity contribution is 5.67. The molecule has 1 heterocycles. The Morgan fingerprint density at radius 1 is 1.08 bits per heavy atom. The number of nitrogens with zero attached hydrogens (tertiary/aromatic N) is 2. The van der Waals surface area contributed by atoms with E-state index in [1.54, 1.807) is 0 Å². The zero-order valence-electron chi connectivity index (χ0n) is 14.4. The van der Waals surface area contributed by atoms with Crippen molar-refractivity contribution in [2.75, 3.05) is 6.54 Å². The molecule has 0 bridgehead atoms. The van der Waals surface area contributed by atoms with Crippen LogP contribution < -0.4 is 5.32 Å².